The van der Waals surface area contributed by atoms with E-state index in [2.05, 4.69) is 10.6 Å². The lowest BCUT2D eigenvalue weighted by Gasteiger charge is -2.24. The van der Waals surface area contributed by atoms with Gasteiger partial charge in [0.1, 0.15) is 23.3 Å². The molecule has 190 valence electrons. The zero-order chi connectivity index (χ0) is 25.8. The summed E-state index contributed by atoms with van der Waals surface area (Å²) in [7, 11) is 4.48. The van der Waals surface area contributed by atoms with E-state index in [0.29, 0.717) is 47.3 Å². The fourth-order valence-corrected chi connectivity index (χ4v) is 3.45. The van der Waals surface area contributed by atoms with Gasteiger partial charge in [-0.05, 0) is 12.0 Å². The maximum Gasteiger partial charge on any atom is 0.269 e. The Morgan fingerprint density at radius 2 is 1.69 bits per heavy atom. The molecule has 0 heterocycles. The number of ether oxygens (including phenoxy) is 3. The van der Waals surface area contributed by atoms with Crippen LogP contribution in [0.5, 0.6) is 17.2 Å². The summed E-state index contributed by atoms with van der Waals surface area (Å²) < 4.78 is 16.6. The van der Waals surface area contributed by atoms with Crippen LogP contribution < -0.4 is 24.8 Å². The number of nitrogens with zero attached hydrogens (tertiary/aromatic N) is 1. The zero-order valence-electron chi connectivity index (χ0n) is 20.5. The van der Waals surface area contributed by atoms with Gasteiger partial charge in [0.2, 0.25) is 11.8 Å². The molecule has 2 aromatic rings. The van der Waals surface area contributed by atoms with Crippen molar-refractivity contribution in [3.63, 3.8) is 0 Å². The largest absolute Gasteiger partial charge is 0.496 e. The molecule has 2 aromatic carbocycles. The second-order valence-corrected chi connectivity index (χ2v) is 7.77. The summed E-state index contributed by atoms with van der Waals surface area (Å²) in [6.45, 7) is 1.38. The highest BCUT2D eigenvalue weighted by molar-refractivity contribution is 5.86. The van der Waals surface area contributed by atoms with Gasteiger partial charge in [-0.15, -0.1) is 0 Å². The lowest BCUT2D eigenvalue weighted by Crippen LogP contribution is -2.48. The molecule has 0 aliphatic carbocycles. The lowest BCUT2D eigenvalue weighted by atomic mass is 10.0. The van der Waals surface area contributed by atoms with Gasteiger partial charge in [-0.25, -0.2) is 5.06 Å². The summed E-state index contributed by atoms with van der Waals surface area (Å²) in [4.78, 5) is 36.1. The second kappa shape index (κ2) is 13.8. The predicted octanol–water partition coefficient (Wildman–Crippen LogP) is 2.07. The van der Waals surface area contributed by atoms with Crippen LogP contribution in [0.15, 0.2) is 42.5 Å². The van der Waals surface area contributed by atoms with Crippen LogP contribution in [-0.2, 0) is 27.3 Å². The second-order valence-electron chi connectivity index (χ2n) is 7.77. The van der Waals surface area contributed by atoms with Gasteiger partial charge in [-0.2, -0.15) is 0 Å². The number of carbonyl (C=O) groups is 3. The van der Waals surface area contributed by atoms with Crippen LogP contribution in [0.3, 0.4) is 0 Å². The molecule has 2 rings (SSSR count). The number of hydrogen-bond acceptors (Lipinski definition) is 7. The summed E-state index contributed by atoms with van der Waals surface area (Å²) in [6.07, 6.45) is 1.08. The third-order valence-electron chi connectivity index (χ3n) is 5.20. The molecule has 0 aliphatic heterocycles. The molecule has 0 aromatic heterocycles. The summed E-state index contributed by atoms with van der Waals surface area (Å²) in [5.41, 5.74) is 1.26. The van der Waals surface area contributed by atoms with Crippen LogP contribution in [0, 0.1) is 0 Å². The Labute approximate surface area is 205 Å². The van der Waals surface area contributed by atoms with E-state index >= 15 is 0 Å². The molecule has 0 bridgehead atoms. The first-order valence-corrected chi connectivity index (χ1v) is 11.2. The van der Waals surface area contributed by atoms with Crippen molar-refractivity contribution in [2.24, 2.45) is 0 Å². The third kappa shape index (κ3) is 8.49. The van der Waals surface area contributed by atoms with Gasteiger partial charge < -0.3 is 24.8 Å². The van der Waals surface area contributed by atoms with Gasteiger partial charge in [0.15, 0.2) is 0 Å². The number of carbonyl (C=O) groups excluding carboxylic acids is 3. The van der Waals surface area contributed by atoms with Crippen LogP contribution in [0.2, 0.25) is 0 Å². The molecule has 0 saturated carbocycles. The Morgan fingerprint density at radius 1 is 1.06 bits per heavy atom. The van der Waals surface area contributed by atoms with Crippen molar-refractivity contribution in [1.29, 1.82) is 0 Å². The number of hydroxylamine groups is 2. The minimum absolute atomic E-state index is 0.0726. The highest BCUT2D eigenvalue weighted by Gasteiger charge is 2.27. The Hall–Kier alpha value is -3.79. The zero-order valence-corrected chi connectivity index (χ0v) is 20.5. The normalized spacial score (nSPS) is 11.2. The van der Waals surface area contributed by atoms with E-state index in [1.54, 1.807) is 19.2 Å². The number of benzene rings is 2. The van der Waals surface area contributed by atoms with Crippen molar-refractivity contribution in [2.45, 2.75) is 38.8 Å². The maximum atomic E-state index is 13.0. The van der Waals surface area contributed by atoms with Crippen LogP contribution >= 0.6 is 0 Å². The maximum absolute atomic E-state index is 13.0. The number of nitrogens with one attached hydrogen (secondary N) is 2. The van der Waals surface area contributed by atoms with Crippen molar-refractivity contribution >= 4 is 17.7 Å². The first-order valence-electron chi connectivity index (χ1n) is 11.2. The van der Waals surface area contributed by atoms with E-state index in [4.69, 9.17) is 14.2 Å². The minimum atomic E-state index is -0.959. The molecule has 0 saturated heterocycles. The highest BCUT2D eigenvalue weighted by Crippen LogP contribution is 2.35. The van der Waals surface area contributed by atoms with Gasteiger partial charge in [0.05, 0.1) is 32.9 Å². The average molecular weight is 488 g/mol. The molecule has 35 heavy (non-hydrogen) atoms. The quantitative estimate of drug-likeness (QED) is 0.224. The van der Waals surface area contributed by atoms with E-state index in [1.165, 1.54) is 21.1 Å². The molecule has 10 heteroatoms. The monoisotopic (exact) mass is 487 g/mol. The Kier molecular flexibility index (Phi) is 10.8. The summed E-state index contributed by atoms with van der Waals surface area (Å²) >= 11 is 0. The molecule has 0 aliphatic rings. The summed E-state index contributed by atoms with van der Waals surface area (Å²) in [5.74, 6) is 0.00346. The van der Waals surface area contributed by atoms with Crippen LogP contribution in [0.25, 0.3) is 0 Å². The van der Waals surface area contributed by atoms with Gasteiger partial charge in [0, 0.05) is 38.9 Å². The third-order valence-corrected chi connectivity index (χ3v) is 5.20. The molecule has 1 atom stereocenters. The van der Waals surface area contributed by atoms with Crippen molar-refractivity contribution in [3.05, 3.63) is 53.6 Å². The molecule has 10 nitrogen and oxygen atoms in total. The fourth-order valence-electron chi connectivity index (χ4n) is 3.45. The Balaban J connectivity index is 2.16. The molecule has 3 amide bonds. The van der Waals surface area contributed by atoms with Crippen molar-refractivity contribution < 1.29 is 33.8 Å². The van der Waals surface area contributed by atoms with Gasteiger partial charge in [0.25, 0.3) is 5.91 Å². The number of methoxy groups -OCH3 is 2. The number of hydrogen-bond donors (Lipinski definition) is 3. The Morgan fingerprint density at radius 3 is 2.23 bits per heavy atom. The van der Waals surface area contributed by atoms with E-state index < -0.39 is 11.9 Å². The standard InChI is InChI=1S/C25H33N3O7/c1-17(29)27-21(13-18-9-6-5-7-10-18)25(31)28(32)16-20-22(33-3)14-19(15-23(20)34-4)35-12-8-11-24(30)26-2/h5-7,9-10,14-15,21,32H,8,11-13,16H2,1-4H3,(H,26,30)(H,27,29). The first kappa shape index (κ1) is 27.5. The topological polar surface area (TPSA) is 126 Å². The van der Waals surface area contributed by atoms with Crippen molar-refractivity contribution in [3.8, 4) is 17.2 Å². The first-order chi connectivity index (χ1) is 16.8. The lowest BCUT2D eigenvalue weighted by molar-refractivity contribution is -0.171. The molecule has 0 spiro atoms. The van der Waals surface area contributed by atoms with E-state index in [1.807, 2.05) is 30.3 Å². The average Bonchev–Trinajstić information content (AvgIpc) is 2.86. The minimum Gasteiger partial charge on any atom is -0.496 e. The number of amides is 3. The van der Waals surface area contributed by atoms with Crippen molar-refractivity contribution in [2.75, 3.05) is 27.9 Å². The fraction of sp³-hybridized carbons (Fsp3) is 0.400. The number of rotatable bonds is 13. The summed E-state index contributed by atoms with van der Waals surface area (Å²) in [5, 5.41) is 16.3. The molecule has 1 unspecified atom stereocenters. The SMILES string of the molecule is CNC(=O)CCCOc1cc(OC)c(CN(O)C(=O)C(Cc2ccccc2)NC(C)=O)c(OC)c1. The van der Waals surface area contributed by atoms with Crippen LogP contribution in [-0.4, -0.2) is 61.9 Å². The highest BCUT2D eigenvalue weighted by atomic mass is 16.5. The molecule has 0 radical (unpaired) electrons. The molecule has 0 fully saturated rings. The van der Waals surface area contributed by atoms with E-state index in [9.17, 15) is 19.6 Å². The summed E-state index contributed by atoms with van der Waals surface area (Å²) in [6, 6.07) is 11.5. The smallest absolute Gasteiger partial charge is 0.269 e. The molecular formula is C25H33N3O7. The Bertz CT molecular complexity index is 973. The van der Waals surface area contributed by atoms with Crippen molar-refractivity contribution in [1.82, 2.24) is 15.7 Å². The molecule has 3 N–H and O–H groups in total. The predicted molar refractivity (Wildman–Crippen MR) is 128 cm³/mol. The van der Waals surface area contributed by atoms with Crippen LogP contribution in [0.4, 0.5) is 0 Å². The van der Waals surface area contributed by atoms with Gasteiger partial charge in [-0.1, -0.05) is 30.3 Å². The van der Waals surface area contributed by atoms with Gasteiger partial charge in [-0.3, -0.25) is 19.6 Å². The van der Waals surface area contributed by atoms with E-state index in [-0.39, 0.29) is 24.8 Å². The molecular weight excluding hydrogens is 454 g/mol. The van der Waals surface area contributed by atoms with Crippen LogP contribution in [0.1, 0.15) is 30.9 Å². The van der Waals surface area contributed by atoms with E-state index in [0.717, 1.165) is 5.56 Å². The van der Waals surface area contributed by atoms with Gasteiger partial charge >= 0.3 is 0 Å².